The highest BCUT2D eigenvalue weighted by molar-refractivity contribution is 7.13. The first kappa shape index (κ1) is 29.9. The van der Waals surface area contributed by atoms with Crippen LogP contribution in [0.25, 0.3) is 10.4 Å². The van der Waals surface area contributed by atoms with E-state index in [0.717, 1.165) is 21.7 Å². The number of methoxy groups -OCH3 is 1. The molecule has 5 unspecified atom stereocenters. The third kappa shape index (κ3) is 6.87. The van der Waals surface area contributed by atoms with Crippen LogP contribution in [0.15, 0.2) is 29.8 Å². The van der Waals surface area contributed by atoms with Crippen molar-refractivity contribution in [3.8, 4) is 10.4 Å². The molecular formula is C29H41N3O5S. The summed E-state index contributed by atoms with van der Waals surface area (Å²) < 4.78 is 5.04. The minimum atomic E-state index is -0.767. The SMILES string of the molecule is CCC(C(C)C(=O)COC)C(C(=O)N1CC(O)CC1C(=O)NCc1ccc(-c2scnc2C)cc1)C(C)C. The standard InChI is InChI=1S/C29H41N3O5S/c1-7-23(18(4)25(34)15-37-6)26(17(2)3)29(36)32-14-22(33)12-24(32)28(35)30-13-20-8-10-21(11-9-20)27-19(5)31-16-38-27/h8-11,16-18,22-24,26,33H,7,12-15H2,1-6H3,(H,30,35). The summed E-state index contributed by atoms with van der Waals surface area (Å²) in [6.45, 7) is 10.2. The van der Waals surface area contributed by atoms with Crippen LogP contribution in [0.3, 0.4) is 0 Å². The molecule has 2 N–H and O–H groups in total. The van der Waals surface area contributed by atoms with Gasteiger partial charge in [0.1, 0.15) is 12.6 Å². The molecule has 208 valence electrons. The number of aromatic nitrogens is 1. The van der Waals surface area contributed by atoms with Gasteiger partial charge in [0.25, 0.3) is 0 Å². The van der Waals surface area contributed by atoms with E-state index in [2.05, 4.69) is 10.3 Å². The second-order valence-electron chi connectivity index (χ2n) is 10.6. The second kappa shape index (κ2) is 13.4. The van der Waals surface area contributed by atoms with Gasteiger partial charge < -0.3 is 20.1 Å². The van der Waals surface area contributed by atoms with Crippen LogP contribution in [0.1, 0.15) is 51.8 Å². The van der Waals surface area contributed by atoms with Crippen molar-refractivity contribution in [3.05, 3.63) is 41.0 Å². The number of β-amino-alcohol motifs (C(OH)–C–C–N with tert-alkyl or cyclic N) is 1. The van der Waals surface area contributed by atoms with E-state index in [0.29, 0.717) is 13.0 Å². The molecule has 1 fully saturated rings. The maximum atomic E-state index is 13.9. The number of Topliss-reactive ketones (excluding diaryl/α,β-unsaturated/α-hetero) is 1. The van der Waals surface area contributed by atoms with Gasteiger partial charge in [-0.05, 0) is 29.9 Å². The van der Waals surface area contributed by atoms with Crippen molar-refractivity contribution in [2.24, 2.45) is 23.7 Å². The summed E-state index contributed by atoms with van der Waals surface area (Å²) in [7, 11) is 1.49. The lowest BCUT2D eigenvalue weighted by atomic mass is 9.73. The van der Waals surface area contributed by atoms with E-state index < -0.39 is 18.1 Å². The molecule has 2 amide bonds. The summed E-state index contributed by atoms with van der Waals surface area (Å²) in [5.74, 6) is -1.52. The number of rotatable bonds is 12. The second-order valence-corrected chi connectivity index (χ2v) is 11.5. The zero-order valence-electron chi connectivity index (χ0n) is 23.3. The smallest absolute Gasteiger partial charge is 0.243 e. The molecule has 1 aromatic carbocycles. The Kier molecular flexibility index (Phi) is 10.6. The van der Waals surface area contributed by atoms with Crippen LogP contribution in [-0.4, -0.2) is 65.0 Å². The van der Waals surface area contributed by atoms with Gasteiger partial charge in [0, 0.05) is 38.5 Å². The highest BCUT2D eigenvalue weighted by atomic mass is 32.1. The fourth-order valence-electron chi connectivity index (χ4n) is 5.55. The molecule has 0 spiro atoms. The normalized spacial score (nSPS) is 19.8. The number of carbonyl (C=O) groups is 3. The molecule has 1 aliphatic rings. The minimum absolute atomic E-state index is 0.00886. The van der Waals surface area contributed by atoms with E-state index >= 15 is 0 Å². The fourth-order valence-corrected chi connectivity index (χ4v) is 6.36. The van der Waals surface area contributed by atoms with Gasteiger partial charge in [0.05, 0.1) is 22.2 Å². The highest BCUT2D eigenvalue weighted by Gasteiger charge is 2.45. The van der Waals surface area contributed by atoms with Crippen molar-refractivity contribution in [2.45, 2.75) is 66.2 Å². The molecule has 8 nitrogen and oxygen atoms in total. The number of ketones is 1. The van der Waals surface area contributed by atoms with Crippen LogP contribution < -0.4 is 5.32 Å². The average molecular weight is 544 g/mol. The zero-order chi connectivity index (χ0) is 28.0. The fraction of sp³-hybridized carbons (Fsp3) is 0.586. The van der Waals surface area contributed by atoms with Gasteiger partial charge in [-0.15, -0.1) is 11.3 Å². The van der Waals surface area contributed by atoms with Gasteiger partial charge in [-0.3, -0.25) is 14.4 Å². The molecule has 0 aliphatic carbocycles. The Morgan fingerprint density at radius 3 is 2.45 bits per heavy atom. The Labute approximate surface area is 229 Å². The highest BCUT2D eigenvalue weighted by Crippen LogP contribution is 2.35. The number of benzene rings is 1. The molecule has 1 aliphatic heterocycles. The Hall–Kier alpha value is -2.62. The van der Waals surface area contributed by atoms with Gasteiger partial charge in [-0.2, -0.15) is 0 Å². The third-order valence-corrected chi connectivity index (χ3v) is 8.64. The molecule has 2 aromatic rings. The Bertz CT molecular complexity index is 1100. The lowest BCUT2D eigenvalue weighted by molar-refractivity contribution is -0.146. The van der Waals surface area contributed by atoms with Gasteiger partial charge in [-0.1, -0.05) is 58.4 Å². The predicted octanol–water partition coefficient (Wildman–Crippen LogP) is 3.85. The van der Waals surface area contributed by atoms with E-state index in [1.807, 2.05) is 64.4 Å². The summed E-state index contributed by atoms with van der Waals surface area (Å²) in [6, 6.07) is 7.23. The van der Waals surface area contributed by atoms with Crippen LogP contribution in [0.5, 0.6) is 0 Å². The largest absolute Gasteiger partial charge is 0.391 e. The molecular weight excluding hydrogens is 502 g/mol. The summed E-state index contributed by atoms with van der Waals surface area (Å²) in [6.07, 6.45) is 0.0771. The van der Waals surface area contributed by atoms with E-state index in [9.17, 15) is 19.5 Å². The quantitative estimate of drug-likeness (QED) is 0.421. The summed E-state index contributed by atoms with van der Waals surface area (Å²) >= 11 is 1.59. The predicted molar refractivity (Wildman–Crippen MR) is 148 cm³/mol. The number of likely N-dealkylation sites (tertiary alicyclic amines) is 1. The van der Waals surface area contributed by atoms with E-state index in [-0.39, 0.29) is 54.9 Å². The molecule has 38 heavy (non-hydrogen) atoms. The molecule has 9 heteroatoms. The number of amides is 2. The van der Waals surface area contributed by atoms with Crippen molar-refractivity contribution >= 4 is 28.9 Å². The molecule has 0 radical (unpaired) electrons. The topological polar surface area (TPSA) is 109 Å². The van der Waals surface area contributed by atoms with Crippen LogP contribution in [0.4, 0.5) is 0 Å². The number of thiazole rings is 1. The summed E-state index contributed by atoms with van der Waals surface area (Å²) in [5, 5.41) is 13.4. The minimum Gasteiger partial charge on any atom is -0.391 e. The van der Waals surface area contributed by atoms with Crippen LogP contribution in [0.2, 0.25) is 0 Å². The maximum Gasteiger partial charge on any atom is 0.243 e. The van der Waals surface area contributed by atoms with Crippen LogP contribution >= 0.6 is 11.3 Å². The number of aryl methyl sites for hydroxylation is 1. The lowest BCUT2D eigenvalue weighted by Gasteiger charge is -2.36. The molecule has 5 atom stereocenters. The van der Waals surface area contributed by atoms with Crippen molar-refractivity contribution in [1.29, 1.82) is 0 Å². The van der Waals surface area contributed by atoms with Gasteiger partial charge in [0.2, 0.25) is 11.8 Å². The number of ether oxygens (including phenoxy) is 1. The van der Waals surface area contributed by atoms with Crippen molar-refractivity contribution in [3.63, 3.8) is 0 Å². The first-order valence-corrected chi connectivity index (χ1v) is 14.2. The van der Waals surface area contributed by atoms with Gasteiger partial charge in [0.15, 0.2) is 5.78 Å². The molecule has 2 heterocycles. The molecule has 0 saturated carbocycles. The summed E-state index contributed by atoms with van der Waals surface area (Å²) in [4.78, 5) is 46.7. The van der Waals surface area contributed by atoms with E-state index in [1.165, 1.54) is 12.0 Å². The number of nitrogens with one attached hydrogen (secondary N) is 1. The number of hydrogen-bond donors (Lipinski definition) is 2. The maximum absolute atomic E-state index is 13.9. The Morgan fingerprint density at radius 2 is 1.89 bits per heavy atom. The average Bonchev–Trinajstić information content (AvgIpc) is 3.50. The first-order valence-electron chi connectivity index (χ1n) is 13.4. The van der Waals surface area contributed by atoms with Crippen molar-refractivity contribution in [2.75, 3.05) is 20.3 Å². The number of aliphatic hydroxyl groups is 1. The molecule has 1 aromatic heterocycles. The zero-order valence-corrected chi connectivity index (χ0v) is 24.1. The van der Waals surface area contributed by atoms with Gasteiger partial charge in [-0.25, -0.2) is 4.98 Å². The number of carbonyl (C=O) groups excluding carboxylic acids is 3. The van der Waals surface area contributed by atoms with Crippen molar-refractivity contribution in [1.82, 2.24) is 15.2 Å². The van der Waals surface area contributed by atoms with Crippen LogP contribution in [0, 0.1) is 30.6 Å². The molecule has 3 rings (SSSR count). The first-order chi connectivity index (χ1) is 18.1. The summed E-state index contributed by atoms with van der Waals surface area (Å²) in [5.41, 5.74) is 4.84. The number of nitrogens with zero attached hydrogens (tertiary/aromatic N) is 2. The number of aliphatic hydroxyl groups excluding tert-OH is 1. The van der Waals surface area contributed by atoms with Crippen molar-refractivity contribution < 1.29 is 24.2 Å². The Morgan fingerprint density at radius 1 is 1.21 bits per heavy atom. The molecule has 1 saturated heterocycles. The monoisotopic (exact) mass is 543 g/mol. The van der Waals surface area contributed by atoms with Crippen LogP contribution in [-0.2, 0) is 25.7 Å². The molecule has 0 bridgehead atoms. The number of hydrogen-bond acceptors (Lipinski definition) is 7. The van der Waals surface area contributed by atoms with Gasteiger partial charge >= 0.3 is 0 Å². The Balaban J connectivity index is 1.71. The van der Waals surface area contributed by atoms with E-state index in [1.54, 1.807) is 11.3 Å². The third-order valence-electron chi connectivity index (χ3n) is 7.67. The van der Waals surface area contributed by atoms with E-state index in [4.69, 9.17) is 4.74 Å². The lowest BCUT2D eigenvalue weighted by Crippen LogP contribution is -2.50.